The molecule has 0 radical (unpaired) electrons. The van der Waals surface area contributed by atoms with Crippen molar-refractivity contribution in [2.75, 3.05) is 34.0 Å². The molecule has 5 heteroatoms. The second-order valence-electron chi connectivity index (χ2n) is 4.51. The van der Waals surface area contributed by atoms with Crippen LogP contribution in [0.25, 0.3) is 0 Å². The van der Waals surface area contributed by atoms with Crippen molar-refractivity contribution in [1.82, 2.24) is 0 Å². The van der Waals surface area contributed by atoms with Gasteiger partial charge in [0.05, 0.1) is 20.3 Å². The van der Waals surface area contributed by atoms with Gasteiger partial charge in [-0.15, -0.1) is 0 Å². The lowest BCUT2D eigenvalue weighted by molar-refractivity contribution is 0.0752. The summed E-state index contributed by atoms with van der Waals surface area (Å²) < 4.78 is 15.8. The summed E-state index contributed by atoms with van der Waals surface area (Å²) in [6.45, 7) is 3.47. The Balaban J connectivity index is 2.83. The highest BCUT2D eigenvalue weighted by molar-refractivity contribution is 5.44. The van der Waals surface area contributed by atoms with Crippen molar-refractivity contribution < 1.29 is 19.3 Å². The lowest BCUT2D eigenvalue weighted by Crippen LogP contribution is -2.27. The van der Waals surface area contributed by atoms with Crippen LogP contribution in [0.4, 0.5) is 0 Å². The zero-order valence-corrected chi connectivity index (χ0v) is 12.5. The summed E-state index contributed by atoms with van der Waals surface area (Å²) in [5, 5.41) is 10.2. The van der Waals surface area contributed by atoms with Gasteiger partial charge in [0.25, 0.3) is 0 Å². The third kappa shape index (κ3) is 4.37. The number of hydrogen-bond donors (Lipinski definition) is 2. The normalized spacial score (nSPS) is 13.8. The van der Waals surface area contributed by atoms with E-state index >= 15 is 0 Å². The quantitative estimate of drug-likeness (QED) is 0.672. The van der Waals surface area contributed by atoms with Gasteiger partial charge in [0.2, 0.25) is 0 Å². The summed E-state index contributed by atoms with van der Waals surface area (Å²) in [6, 6.07) is 5.59. The van der Waals surface area contributed by atoms with Crippen LogP contribution in [0.5, 0.6) is 11.5 Å². The Kier molecular flexibility index (Phi) is 7.36. The minimum Gasteiger partial charge on any atom is -0.493 e. The van der Waals surface area contributed by atoms with Crippen LogP contribution in [0.1, 0.15) is 24.8 Å². The molecule has 2 unspecified atom stereocenters. The molecule has 0 fully saturated rings. The fourth-order valence-electron chi connectivity index (χ4n) is 2.15. The summed E-state index contributed by atoms with van der Waals surface area (Å²) in [5.74, 6) is 1.16. The average Bonchev–Trinajstić information content (AvgIpc) is 2.48. The molecule has 114 valence electrons. The van der Waals surface area contributed by atoms with Gasteiger partial charge in [0.15, 0.2) is 11.5 Å². The van der Waals surface area contributed by atoms with E-state index in [-0.39, 0.29) is 5.92 Å². The van der Waals surface area contributed by atoms with Crippen molar-refractivity contribution in [3.8, 4) is 11.5 Å². The SMILES string of the molecule is CCOCCC(O)C(CN)c1ccc(OC)c(OC)c1. The summed E-state index contributed by atoms with van der Waals surface area (Å²) >= 11 is 0. The van der Waals surface area contributed by atoms with E-state index in [4.69, 9.17) is 19.9 Å². The second kappa shape index (κ2) is 8.79. The van der Waals surface area contributed by atoms with Gasteiger partial charge in [-0.25, -0.2) is 0 Å². The van der Waals surface area contributed by atoms with Crippen LogP contribution < -0.4 is 15.2 Å². The van der Waals surface area contributed by atoms with E-state index in [0.29, 0.717) is 37.7 Å². The van der Waals surface area contributed by atoms with E-state index in [9.17, 15) is 5.11 Å². The lowest BCUT2D eigenvalue weighted by atomic mass is 9.91. The number of ether oxygens (including phenoxy) is 3. The standard InChI is InChI=1S/C15H25NO4/c1-4-20-8-7-13(17)12(10-16)11-5-6-14(18-2)15(9-11)19-3/h5-6,9,12-13,17H,4,7-8,10,16H2,1-3H3. The first kappa shape index (κ1) is 16.8. The van der Waals surface area contributed by atoms with Gasteiger partial charge in [-0.1, -0.05) is 6.07 Å². The van der Waals surface area contributed by atoms with E-state index in [2.05, 4.69) is 0 Å². The van der Waals surface area contributed by atoms with E-state index in [1.807, 2.05) is 25.1 Å². The van der Waals surface area contributed by atoms with Crippen molar-refractivity contribution in [3.05, 3.63) is 23.8 Å². The number of nitrogens with two attached hydrogens (primary N) is 1. The fourth-order valence-corrected chi connectivity index (χ4v) is 2.15. The maximum atomic E-state index is 10.2. The van der Waals surface area contributed by atoms with Crippen LogP contribution in [-0.4, -0.2) is 45.2 Å². The van der Waals surface area contributed by atoms with Crippen LogP contribution in [0.15, 0.2) is 18.2 Å². The monoisotopic (exact) mass is 283 g/mol. The molecule has 20 heavy (non-hydrogen) atoms. The number of hydrogen-bond acceptors (Lipinski definition) is 5. The molecule has 0 aromatic heterocycles. The minimum absolute atomic E-state index is 0.143. The van der Waals surface area contributed by atoms with Crippen LogP contribution in [0, 0.1) is 0 Å². The van der Waals surface area contributed by atoms with Gasteiger partial charge in [-0.05, 0) is 31.0 Å². The summed E-state index contributed by atoms with van der Waals surface area (Å²) in [4.78, 5) is 0. The van der Waals surface area contributed by atoms with Crippen molar-refractivity contribution in [1.29, 1.82) is 0 Å². The molecule has 3 N–H and O–H groups in total. The third-order valence-electron chi connectivity index (χ3n) is 3.32. The predicted octanol–water partition coefficient (Wildman–Crippen LogP) is 1.53. The highest BCUT2D eigenvalue weighted by Gasteiger charge is 2.21. The summed E-state index contributed by atoms with van der Waals surface area (Å²) in [5.41, 5.74) is 6.74. The highest BCUT2D eigenvalue weighted by atomic mass is 16.5. The van der Waals surface area contributed by atoms with Crippen molar-refractivity contribution in [3.63, 3.8) is 0 Å². The molecular formula is C15H25NO4. The molecule has 0 saturated carbocycles. The average molecular weight is 283 g/mol. The van der Waals surface area contributed by atoms with Crippen LogP contribution >= 0.6 is 0 Å². The molecule has 0 saturated heterocycles. The molecule has 2 atom stereocenters. The molecule has 1 rings (SSSR count). The third-order valence-corrected chi connectivity index (χ3v) is 3.32. The van der Waals surface area contributed by atoms with E-state index in [1.165, 1.54) is 0 Å². The van der Waals surface area contributed by atoms with Gasteiger partial charge in [-0.2, -0.15) is 0 Å². The van der Waals surface area contributed by atoms with Gasteiger partial charge < -0.3 is 25.1 Å². The molecule has 1 aromatic rings. The topological polar surface area (TPSA) is 73.9 Å². The zero-order chi connectivity index (χ0) is 15.0. The highest BCUT2D eigenvalue weighted by Crippen LogP contribution is 2.32. The Morgan fingerprint density at radius 3 is 2.45 bits per heavy atom. The second-order valence-corrected chi connectivity index (χ2v) is 4.51. The first-order valence-electron chi connectivity index (χ1n) is 6.85. The molecule has 0 spiro atoms. The number of rotatable bonds is 9. The lowest BCUT2D eigenvalue weighted by Gasteiger charge is -2.22. The van der Waals surface area contributed by atoms with E-state index in [1.54, 1.807) is 14.2 Å². The Hall–Kier alpha value is -1.30. The van der Waals surface area contributed by atoms with Crippen molar-refractivity contribution in [2.45, 2.75) is 25.4 Å². The van der Waals surface area contributed by atoms with E-state index < -0.39 is 6.10 Å². The molecule has 1 aromatic carbocycles. The first-order valence-corrected chi connectivity index (χ1v) is 6.85. The van der Waals surface area contributed by atoms with Crippen LogP contribution in [0.3, 0.4) is 0 Å². The molecule has 0 aliphatic carbocycles. The Morgan fingerprint density at radius 2 is 1.90 bits per heavy atom. The van der Waals surface area contributed by atoms with Gasteiger partial charge >= 0.3 is 0 Å². The summed E-state index contributed by atoms with van der Waals surface area (Å²) in [7, 11) is 3.18. The van der Waals surface area contributed by atoms with Crippen molar-refractivity contribution >= 4 is 0 Å². The number of aliphatic hydroxyl groups is 1. The van der Waals surface area contributed by atoms with Gasteiger partial charge in [0, 0.05) is 25.7 Å². The molecule has 0 aliphatic heterocycles. The predicted molar refractivity (Wildman–Crippen MR) is 78.5 cm³/mol. The van der Waals surface area contributed by atoms with E-state index in [0.717, 1.165) is 5.56 Å². The largest absolute Gasteiger partial charge is 0.493 e. The Labute approximate surface area is 120 Å². The summed E-state index contributed by atoms with van der Waals surface area (Å²) in [6.07, 6.45) is 0.0222. The zero-order valence-electron chi connectivity index (χ0n) is 12.5. The fraction of sp³-hybridized carbons (Fsp3) is 0.600. The van der Waals surface area contributed by atoms with Crippen LogP contribution in [0.2, 0.25) is 0 Å². The first-order chi connectivity index (χ1) is 9.67. The van der Waals surface area contributed by atoms with Crippen molar-refractivity contribution in [2.24, 2.45) is 5.73 Å². The Bertz CT molecular complexity index is 397. The minimum atomic E-state index is -0.537. The molecule has 0 amide bonds. The maximum absolute atomic E-state index is 10.2. The molecule has 5 nitrogen and oxygen atoms in total. The maximum Gasteiger partial charge on any atom is 0.160 e. The molecule has 0 heterocycles. The van der Waals surface area contributed by atoms with Gasteiger partial charge in [0.1, 0.15) is 0 Å². The smallest absolute Gasteiger partial charge is 0.160 e. The Morgan fingerprint density at radius 1 is 1.20 bits per heavy atom. The van der Waals surface area contributed by atoms with Crippen LogP contribution in [-0.2, 0) is 4.74 Å². The number of aliphatic hydroxyl groups excluding tert-OH is 1. The molecule has 0 aliphatic rings. The number of methoxy groups -OCH3 is 2. The molecule has 0 bridgehead atoms. The molecular weight excluding hydrogens is 258 g/mol. The van der Waals surface area contributed by atoms with Gasteiger partial charge in [-0.3, -0.25) is 0 Å². The number of benzene rings is 1.